The first-order valence-electron chi connectivity index (χ1n) is 10.1. The van der Waals surface area contributed by atoms with Gasteiger partial charge in [-0.2, -0.15) is 0 Å². The predicted octanol–water partition coefficient (Wildman–Crippen LogP) is 3.71. The van der Waals surface area contributed by atoms with Gasteiger partial charge in [0.1, 0.15) is 5.82 Å². The number of hydroxylamine groups is 1. The molecule has 150 valence electrons. The van der Waals surface area contributed by atoms with E-state index in [1.165, 1.54) is 18.9 Å². The highest BCUT2D eigenvalue weighted by Crippen LogP contribution is 2.28. The van der Waals surface area contributed by atoms with E-state index < -0.39 is 5.91 Å². The van der Waals surface area contributed by atoms with Gasteiger partial charge in [0.2, 0.25) is 0 Å². The van der Waals surface area contributed by atoms with Gasteiger partial charge in [0.25, 0.3) is 5.91 Å². The number of carbonyl (C=O) groups excluding carboxylic acids is 1. The van der Waals surface area contributed by atoms with E-state index in [1.807, 2.05) is 30.3 Å². The van der Waals surface area contributed by atoms with Crippen molar-refractivity contribution in [2.75, 3.05) is 13.1 Å². The second-order valence-corrected chi connectivity index (χ2v) is 7.39. The number of hydrogen-bond donors (Lipinski definition) is 2. The first kappa shape index (κ1) is 19.4. The largest absolute Gasteiger partial charge is 0.322 e. The van der Waals surface area contributed by atoms with Crippen molar-refractivity contribution < 1.29 is 10.0 Å². The van der Waals surface area contributed by atoms with Crippen molar-refractivity contribution in [2.24, 2.45) is 0 Å². The summed E-state index contributed by atoms with van der Waals surface area (Å²) in [6, 6.07) is 16.7. The molecule has 3 aromatic rings. The molecule has 1 saturated heterocycles. The molecule has 1 aromatic heterocycles. The molecule has 0 spiro atoms. The number of rotatable bonds is 6. The smallest absolute Gasteiger partial charge is 0.267 e. The number of likely N-dealkylation sites (N-methyl/N-ethyl adjacent to an activating group) is 1. The third kappa shape index (κ3) is 4.09. The molecule has 2 N–H and O–H groups in total. The maximum absolute atomic E-state index is 11.3. The van der Waals surface area contributed by atoms with Crippen molar-refractivity contribution in [1.29, 1.82) is 0 Å². The van der Waals surface area contributed by atoms with Gasteiger partial charge in [-0.3, -0.25) is 14.9 Å². The molecule has 0 bridgehead atoms. The van der Waals surface area contributed by atoms with Crippen LogP contribution >= 0.6 is 0 Å². The van der Waals surface area contributed by atoms with Crippen LogP contribution in [-0.4, -0.2) is 44.7 Å². The Bertz CT molecular complexity index is 1040. The molecule has 6 heteroatoms. The Kier molecular flexibility index (Phi) is 5.74. The van der Waals surface area contributed by atoms with Crippen LogP contribution in [0.15, 0.2) is 54.6 Å². The first-order chi connectivity index (χ1) is 14.2. The van der Waals surface area contributed by atoms with Gasteiger partial charge in [0.05, 0.1) is 11.0 Å². The number of amides is 1. The Balaban J connectivity index is 1.74. The van der Waals surface area contributed by atoms with Gasteiger partial charge < -0.3 is 4.57 Å². The number of aromatic nitrogens is 2. The molecule has 6 nitrogen and oxygen atoms in total. The fourth-order valence-electron chi connectivity index (χ4n) is 4.20. The molecular weight excluding hydrogens is 364 g/mol. The van der Waals surface area contributed by atoms with Gasteiger partial charge in [0.15, 0.2) is 0 Å². The lowest BCUT2D eigenvalue weighted by Crippen LogP contribution is -2.32. The quantitative estimate of drug-likeness (QED) is 0.382. The Hall–Kier alpha value is -2.96. The van der Waals surface area contributed by atoms with E-state index in [2.05, 4.69) is 34.6 Å². The fourth-order valence-corrected chi connectivity index (χ4v) is 4.20. The van der Waals surface area contributed by atoms with E-state index >= 15 is 0 Å². The third-order valence-electron chi connectivity index (χ3n) is 5.64. The van der Waals surface area contributed by atoms with Crippen molar-refractivity contribution in [1.82, 2.24) is 19.9 Å². The lowest BCUT2D eigenvalue weighted by molar-refractivity contribution is -0.124. The zero-order valence-corrected chi connectivity index (χ0v) is 16.6. The number of carbonyl (C=O) groups is 1. The minimum Gasteiger partial charge on any atom is -0.322 e. The Morgan fingerprint density at radius 3 is 2.97 bits per heavy atom. The van der Waals surface area contributed by atoms with Crippen molar-refractivity contribution in [3.05, 3.63) is 60.2 Å². The van der Waals surface area contributed by atoms with E-state index in [0.717, 1.165) is 47.6 Å². The van der Waals surface area contributed by atoms with Crippen LogP contribution in [0.4, 0.5) is 0 Å². The van der Waals surface area contributed by atoms with Gasteiger partial charge >= 0.3 is 0 Å². The van der Waals surface area contributed by atoms with Crippen LogP contribution in [0.1, 0.15) is 25.3 Å². The zero-order chi connectivity index (χ0) is 20.2. The summed E-state index contributed by atoms with van der Waals surface area (Å²) >= 11 is 0. The van der Waals surface area contributed by atoms with E-state index in [-0.39, 0.29) is 0 Å². The minimum absolute atomic E-state index is 0.521. The molecule has 1 unspecified atom stereocenters. The molecule has 0 saturated carbocycles. The molecule has 4 rings (SSSR count). The number of nitrogens with zero attached hydrogens (tertiary/aromatic N) is 3. The summed E-state index contributed by atoms with van der Waals surface area (Å²) in [6.45, 7) is 5.37. The Morgan fingerprint density at radius 1 is 1.28 bits per heavy atom. The van der Waals surface area contributed by atoms with E-state index in [4.69, 9.17) is 10.2 Å². The van der Waals surface area contributed by atoms with Crippen molar-refractivity contribution in [2.45, 2.75) is 32.4 Å². The maximum atomic E-state index is 11.3. The third-order valence-corrected chi connectivity index (χ3v) is 5.64. The summed E-state index contributed by atoms with van der Waals surface area (Å²) in [6.07, 6.45) is 5.43. The van der Waals surface area contributed by atoms with E-state index in [9.17, 15) is 4.79 Å². The molecule has 0 aliphatic carbocycles. The topological polar surface area (TPSA) is 70.4 Å². The van der Waals surface area contributed by atoms with E-state index in [1.54, 1.807) is 11.6 Å². The summed E-state index contributed by atoms with van der Waals surface area (Å²) in [7, 11) is 0. The standard InChI is InChI=1S/C23H26N4O2/c1-2-26-14-6-9-19(26)16-27-21-11-4-3-10-20(21)24-23(27)18-8-5-7-17(15-18)12-13-22(28)25-29/h3-5,7-8,10-13,15,19,29H,2,6,9,14,16H2,1H3,(H,25,28). The van der Waals surface area contributed by atoms with Crippen LogP contribution < -0.4 is 5.48 Å². The molecule has 2 aromatic carbocycles. The van der Waals surface area contributed by atoms with E-state index in [0.29, 0.717) is 6.04 Å². The normalized spacial score (nSPS) is 17.4. The monoisotopic (exact) mass is 390 g/mol. The van der Waals surface area contributed by atoms with Gasteiger partial charge in [-0.1, -0.05) is 37.3 Å². The maximum Gasteiger partial charge on any atom is 0.267 e. The summed E-state index contributed by atoms with van der Waals surface area (Å²) in [5, 5.41) is 8.67. The number of nitrogens with one attached hydrogen (secondary N) is 1. The van der Waals surface area contributed by atoms with Crippen LogP contribution in [-0.2, 0) is 11.3 Å². The van der Waals surface area contributed by atoms with Crippen molar-refractivity contribution in [3.8, 4) is 11.4 Å². The molecule has 1 fully saturated rings. The van der Waals surface area contributed by atoms with Crippen molar-refractivity contribution in [3.63, 3.8) is 0 Å². The van der Waals surface area contributed by atoms with Crippen LogP contribution in [0.2, 0.25) is 0 Å². The Morgan fingerprint density at radius 2 is 2.14 bits per heavy atom. The second-order valence-electron chi connectivity index (χ2n) is 7.39. The number of hydrogen-bond acceptors (Lipinski definition) is 4. The molecule has 1 aliphatic heterocycles. The highest BCUT2D eigenvalue weighted by Gasteiger charge is 2.25. The molecule has 1 amide bonds. The number of likely N-dealkylation sites (tertiary alicyclic amines) is 1. The van der Waals surface area contributed by atoms with Crippen LogP contribution in [0, 0.1) is 0 Å². The zero-order valence-electron chi connectivity index (χ0n) is 16.6. The highest BCUT2D eigenvalue weighted by molar-refractivity contribution is 5.91. The average Bonchev–Trinajstić information content (AvgIpc) is 3.37. The first-order valence-corrected chi connectivity index (χ1v) is 10.1. The molecule has 1 aliphatic rings. The predicted molar refractivity (Wildman–Crippen MR) is 114 cm³/mol. The van der Waals surface area contributed by atoms with Crippen LogP contribution in [0.5, 0.6) is 0 Å². The molecule has 1 atom stereocenters. The van der Waals surface area contributed by atoms with Gasteiger partial charge in [-0.25, -0.2) is 10.5 Å². The average molecular weight is 390 g/mol. The number of imidazole rings is 1. The van der Waals surface area contributed by atoms with Crippen LogP contribution in [0.3, 0.4) is 0 Å². The fraction of sp³-hybridized carbons (Fsp3) is 0.304. The summed E-state index contributed by atoms with van der Waals surface area (Å²) < 4.78 is 2.33. The second kappa shape index (κ2) is 8.59. The SMILES string of the molecule is CCN1CCCC1Cn1c(-c2cccc(C=CC(=O)NO)c2)nc2ccccc21. The molecule has 0 radical (unpaired) electrons. The highest BCUT2D eigenvalue weighted by atomic mass is 16.5. The molecule has 2 heterocycles. The number of benzene rings is 2. The summed E-state index contributed by atoms with van der Waals surface area (Å²) in [5.74, 6) is 0.388. The number of para-hydroxylation sites is 2. The lowest BCUT2D eigenvalue weighted by Gasteiger charge is -2.24. The van der Waals surface area contributed by atoms with Gasteiger partial charge in [-0.05, 0) is 55.8 Å². The molecule has 29 heavy (non-hydrogen) atoms. The van der Waals surface area contributed by atoms with Gasteiger partial charge in [-0.15, -0.1) is 0 Å². The summed E-state index contributed by atoms with van der Waals surface area (Å²) in [5.41, 5.74) is 5.63. The van der Waals surface area contributed by atoms with Crippen LogP contribution in [0.25, 0.3) is 28.5 Å². The summed E-state index contributed by atoms with van der Waals surface area (Å²) in [4.78, 5) is 18.8. The lowest BCUT2D eigenvalue weighted by atomic mass is 10.1. The number of fused-ring (bicyclic) bond motifs is 1. The Labute approximate surface area is 170 Å². The van der Waals surface area contributed by atoms with Gasteiger partial charge in [0, 0.05) is 24.2 Å². The minimum atomic E-state index is -0.552. The molecular formula is C23H26N4O2. The van der Waals surface area contributed by atoms with Crippen molar-refractivity contribution >= 4 is 23.0 Å².